The van der Waals surface area contributed by atoms with Gasteiger partial charge < -0.3 is 10.2 Å². The van der Waals surface area contributed by atoms with Crippen LogP contribution in [-0.2, 0) is 4.74 Å². The average Bonchev–Trinajstić information content (AvgIpc) is 1.27. The molecule has 0 aromatic carbocycles. The summed E-state index contributed by atoms with van der Waals surface area (Å²) in [5.74, 6) is 0. The smallest absolute Gasteiger partial charge is 0.404 e. The maximum Gasteiger partial charge on any atom is 0.404 e. The highest BCUT2D eigenvalue weighted by atomic mass is 35.5. The second-order valence-electron chi connectivity index (χ2n) is 1.40. The highest BCUT2D eigenvalue weighted by Crippen LogP contribution is 1.92. The minimum absolute atomic E-state index is 0. The molecule has 0 heterocycles. The standard InChI is InChI=1S/C4H7ClO2.H2O/c1-3(2)7-4(5)6;/h3H,1-2H3;1H2. The first-order chi connectivity index (χ1) is 3.13. The Hall–Kier alpha value is -0.280. The summed E-state index contributed by atoms with van der Waals surface area (Å²) in [6, 6.07) is 0. The maximum absolute atomic E-state index is 9.80. The van der Waals surface area contributed by atoms with E-state index in [0.717, 1.165) is 0 Å². The highest BCUT2D eigenvalue weighted by molar-refractivity contribution is 6.61. The summed E-state index contributed by atoms with van der Waals surface area (Å²) in [5, 5.41) is 0. The van der Waals surface area contributed by atoms with Gasteiger partial charge in [0.15, 0.2) is 0 Å². The Balaban J connectivity index is 0. The van der Waals surface area contributed by atoms with Gasteiger partial charge in [-0.1, -0.05) is 0 Å². The molecule has 0 unspecified atom stereocenters. The summed E-state index contributed by atoms with van der Waals surface area (Å²) in [6.07, 6.45) is -0.106. The molecular formula is C4H9ClO3. The molecule has 0 saturated carbocycles. The van der Waals surface area contributed by atoms with Crippen LogP contribution in [0.1, 0.15) is 13.8 Å². The van der Waals surface area contributed by atoms with E-state index in [-0.39, 0.29) is 11.6 Å². The summed E-state index contributed by atoms with van der Waals surface area (Å²) < 4.78 is 4.38. The van der Waals surface area contributed by atoms with Crippen LogP contribution in [0.3, 0.4) is 0 Å². The van der Waals surface area contributed by atoms with Crippen LogP contribution in [0.15, 0.2) is 0 Å². The molecule has 0 radical (unpaired) electrons. The predicted molar refractivity (Wildman–Crippen MR) is 31.1 cm³/mol. The Morgan fingerprint density at radius 1 is 1.62 bits per heavy atom. The normalized spacial score (nSPS) is 8.00. The number of halogens is 1. The Morgan fingerprint density at radius 2 is 2.00 bits per heavy atom. The van der Waals surface area contributed by atoms with E-state index in [0.29, 0.717) is 0 Å². The van der Waals surface area contributed by atoms with E-state index in [4.69, 9.17) is 11.6 Å². The van der Waals surface area contributed by atoms with Crippen LogP contribution in [-0.4, -0.2) is 17.0 Å². The van der Waals surface area contributed by atoms with E-state index < -0.39 is 5.43 Å². The van der Waals surface area contributed by atoms with Gasteiger partial charge >= 0.3 is 5.43 Å². The lowest BCUT2D eigenvalue weighted by Crippen LogP contribution is -2.03. The zero-order valence-electron chi connectivity index (χ0n) is 4.77. The van der Waals surface area contributed by atoms with E-state index in [1.54, 1.807) is 13.8 Å². The van der Waals surface area contributed by atoms with Gasteiger partial charge in [0.2, 0.25) is 0 Å². The number of rotatable bonds is 1. The molecule has 0 aromatic heterocycles. The Bertz CT molecular complexity index is 71.7. The van der Waals surface area contributed by atoms with E-state index in [1.807, 2.05) is 0 Å². The molecule has 0 saturated heterocycles. The van der Waals surface area contributed by atoms with Crippen LogP contribution in [0, 0.1) is 0 Å². The van der Waals surface area contributed by atoms with Crippen LogP contribution in [0.4, 0.5) is 4.79 Å². The molecule has 50 valence electrons. The lowest BCUT2D eigenvalue weighted by Gasteiger charge is -2.00. The van der Waals surface area contributed by atoms with Gasteiger partial charge in [-0.3, -0.25) is 0 Å². The molecule has 0 aliphatic carbocycles. The van der Waals surface area contributed by atoms with Crippen molar-refractivity contribution in [3.63, 3.8) is 0 Å². The molecule has 3 nitrogen and oxygen atoms in total. The summed E-state index contributed by atoms with van der Waals surface area (Å²) in [7, 11) is 0. The average molecular weight is 141 g/mol. The molecule has 0 aliphatic heterocycles. The van der Waals surface area contributed by atoms with Crippen molar-refractivity contribution in [2.75, 3.05) is 0 Å². The molecule has 0 fully saturated rings. The van der Waals surface area contributed by atoms with Crippen LogP contribution in [0.2, 0.25) is 0 Å². The van der Waals surface area contributed by atoms with Crippen molar-refractivity contribution in [3.8, 4) is 0 Å². The zero-order valence-corrected chi connectivity index (χ0v) is 5.53. The lowest BCUT2D eigenvalue weighted by atomic mass is 10.5. The molecule has 0 bridgehead atoms. The van der Waals surface area contributed by atoms with Gasteiger partial charge in [0.05, 0.1) is 6.10 Å². The van der Waals surface area contributed by atoms with Crippen LogP contribution in [0.25, 0.3) is 0 Å². The minimum atomic E-state index is -0.741. The van der Waals surface area contributed by atoms with Gasteiger partial charge in [-0.25, -0.2) is 4.79 Å². The summed E-state index contributed by atoms with van der Waals surface area (Å²) in [4.78, 5) is 9.80. The van der Waals surface area contributed by atoms with E-state index >= 15 is 0 Å². The highest BCUT2D eigenvalue weighted by Gasteiger charge is 1.96. The van der Waals surface area contributed by atoms with E-state index in [2.05, 4.69) is 4.74 Å². The van der Waals surface area contributed by atoms with Crippen molar-refractivity contribution in [3.05, 3.63) is 0 Å². The predicted octanol–water partition coefficient (Wildman–Crippen LogP) is 0.945. The molecule has 0 aromatic rings. The van der Waals surface area contributed by atoms with Crippen LogP contribution >= 0.6 is 11.6 Å². The third-order valence-corrected chi connectivity index (χ3v) is 0.417. The third kappa shape index (κ3) is 9.21. The van der Waals surface area contributed by atoms with Crippen molar-refractivity contribution in [2.45, 2.75) is 20.0 Å². The molecule has 2 N–H and O–H groups in total. The first-order valence-electron chi connectivity index (χ1n) is 1.99. The zero-order chi connectivity index (χ0) is 5.86. The van der Waals surface area contributed by atoms with E-state index in [1.165, 1.54) is 0 Å². The van der Waals surface area contributed by atoms with Gasteiger partial charge in [-0.15, -0.1) is 0 Å². The molecule has 0 rings (SSSR count). The van der Waals surface area contributed by atoms with Gasteiger partial charge in [0, 0.05) is 11.6 Å². The van der Waals surface area contributed by atoms with Crippen molar-refractivity contribution >= 4 is 17.0 Å². The molecule has 4 heteroatoms. The fourth-order valence-corrected chi connectivity index (χ4v) is 0.363. The number of carbonyl (C=O) groups excluding carboxylic acids is 1. The maximum atomic E-state index is 9.80. The monoisotopic (exact) mass is 140 g/mol. The summed E-state index contributed by atoms with van der Waals surface area (Å²) >= 11 is 4.81. The molecular weight excluding hydrogens is 131 g/mol. The van der Waals surface area contributed by atoms with Crippen molar-refractivity contribution in [1.29, 1.82) is 0 Å². The molecule has 0 atom stereocenters. The quantitative estimate of drug-likeness (QED) is 0.509. The second kappa shape index (κ2) is 4.87. The molecule has 8 heavy (non-hydrogen) atoms. The third-order valence-electron chi connectivity index (χ3n) is 0.328. The topological polar surface area (TPSA) is 57.8 Å². The largest absolute Gasteiger partial charge is 0.451 e. The van der Waals surface area contributed by atoms with E-state index in [9.17, 15) is 4.79 Å². The minimum Gasteiger partial charge on any atom is -0.451 e. The van der Waals surface area contributed by atoms with Gasteiger partial charge in [-0.05, 0) is 13.8 Å². The number of carbonyl (C=O) groups is 1. The van der Waals surface area contributed by atoms with Crippen molar-refractivity contribution < 1.29 is 15.0 Å². The number of ether oxygens (including phenoxy) is 1. The Morgan fingerprint density at radius 3 is 2.00 bits per heavy atom. The molecule has 0 spiro atoms. The lowest BCUT2D eigenvalue weighted by molar-refractivity contribution is 0.141. The molecule has 0 aliphatic rings. The summed E-state index contributed by atoms with van der Waals surface area (Å²) in [6.45, 7) is 3.47. The first kappa shape index (κ1) is 10.7. The van der Waals surface area contributed by atoms with Crippen LogP contribution in [0.5, 0.6) is 0 Å². The Kier molecular flexibility index (Phi) is 6.48. The van der Waals surface area contributed by atoms with Gasteiger partial charge in [0.25, 0.3) is 0 Å². The fraction of sp³-hybridized carbons (Fsp3) is 0.750. The number of hydrogen-bond donors (Lipinski definition) is 0. The fourth-order valence-electron chi connectivity index (χ4n) is 0.185. The Labute approximate surface area is 52.9 Å². The van der Waals surface area contributed by atoms with Gasteiger partial charge in [0.1, 0.15) is 0 Å². The van der Waals surface area contributed by atoms with Crippen LogP contribution < -0.4 is 0 Å². The number of hydrogen-bond acceptors (Lipinski definition) is 2. The summed E-state index contributed by atoms with van der Waals surface area (Å²) in [5.41, 5.74) is -0.741. The SMILES string of the molecule is CC(C)OC(=O)Cl.O. The van der Waals surface area contributed by atoms with Gasteiger partial charge in [-0.2, -0.15) is 0 Å². The molecule has 0 amide bonds. The first-order valence-corrected chi connectivity index (χ1v) is 2.37. The van der Waals surface area contributed by atoms with Crippen molar-refractivity contribution in [2.24, 2.45) is 0 Å². The second-order valence-corrected chi connectivity index (χ2v) is 1.71. The van der Waals surface area contributed by atoms with Crippen molar-refractivity contribution in [1.82, 2.24) is 0 Å².